The normalized spacial score (nSPS) is 25.0. The van der Waals surface area contributed by atoms with Crippen molar-refractivity contribution in [3.63, 3.8) is 0 Å². The SMILES string of the molecule is O=c1[nH]ccnc1NCC1CCCCN1c1ccc(=O)n(C2CCCC2O)n1. The Morgan fingerprint density at radius 1 is 1.18 bits per heavy atom. The van der Waals surface area contributed by atoms with E-state index in [4.69, 9.17) is 0 Å². The Kier molecular flexibility index (Phi) is 5.43. The van der Waals surface area contributed by atoms with E-state index in [0.29, 0.717) is 18.8 Å². The highest BCUT2D eigenvalue weighted by Gasteiger charge is 2.30. The van der Waals surface area contributed by atoms with Crippen molar-refractivity contribution >= 4 is 11.6 Å². The fourth-order valence-electron chi connectivity index (χ4n) is 4.22. The number of aliphatic hydroxyl groups excluding tert-OH is 1. The minimum absolute atomic E-state index is 0.141. The lowest BCUT2D eigenvalue weighted by Gasteiger charge is -2.37. The van der Waals surface area contributed by atoms with Crippen molar-refractivity contribution in [2.24, 2.45) is 0 Å². The van der Waals surface area contributed by atoms with Gasteiger partial charge in [0.2, 0.25) is 0 Å². The van der Waals surface area contributed by atoms with Gasteiger partial charge in [0.25, 0.3) is 11.1 Å². The Bertz CT molecular complexity index is 926. The molecule has 28 heavy (non-hydrogen) atoms. The number of rotatable bonds is 5. The maximum absolute atomic E-state index is 12.3. The van der Waals surface area contributed by atoms with E-state index in [9.17, 15) is 14.7 Å². The highest BCUT2D eigenvalue weighted by atomic mass is 16.3. The number of piperidine rings is 1. The average Bonchev–Trinajstić information content (AvgIpc) is 3.14. The van der Waals surface area contributed by atoms with Crippen LogP contribution in [0, 0.1) is 0 Å². The number of hydrogen-bond acceptors (Lipinski definition) is 7. The lowest BCUT2D eigenvalue weighted by Crippen LogP contribution is -2.45. The number of aliphatic hydroxyl groups is 1. The summed E-state index contributed by atoms with van der Waals surface area (Å²) in [5.74, 6) is 1.04. The monoisotopic (exact) mass is 386 g/mol. The molecule has 3 N–H and O–H groups in total. The van der Waals surface area contributed by atoms with E-state index in [2.05, 4.69) is 25.3 Å². The van der Waals surface area contributed by atoms with Gasteiger partial charge in [-0.1, -0.05) is 0 Å². The summed E-state index contributed by atoms with van der Waals surface area (Å²) in [6.07, 6.45) is 8.02. The number of aromatic nitrogens is 4. The minimum Gasteiger partial charge on any atom is -0.391 e. The molecule has 1 aliphatic carbocycles. The summed E-state index contributed by atoms with van der Waals surface area (Å²) in [6, 6.07) is 3.19. The van der Waals surface area contributed by atoms with E-state index in [1.807, 2.05) is 0 Å². The Balaban J connectivity index is 1.55. The molecule has 2 aromatic heterocycles. The second kappa shape index (κ2) is 8.14. The lowest BCUT2D eigenvalue weighted by atomic mass is 10.0. The predicted octanol–water partition coefficient (Wildman–Crippen LogP) is 0.883. The Morgan fingerprint density at radius 2 is 2.07 bits per heavy atom. The van der Waals surface area contributed by atoms with Crippen molar-refractivity contribution in [3.8, 4) is 0 Å². The van der Waals surface area contributed by atoms with Gasteiger partial charge in [-0.25, -0.2) is 9.67 Å². The zero-order valence-electron chi connectivity index (χ0n) is 15.8. The van der Waals surface area contributed by atoms with E-state index in [1.165, 1.54) is 16.9 Å². The highest BCUT2D eigenvalue weighted by molar-refractivity contribution is 5.40. The van der Waals surface area contributed by atoms with Gasteiger partial charge in [-0.05, 0) is 44.6 Å². The number of H-pyrrole nitrogens is 1. The topological polar surface area (TPSA) is 116 Å². The fraction of sp³-hybridized carbons (Fsp3) is 0.579. The Hall–Kier alpha value is -2.68. The van der Waals surface area contributed by atoms with Crippen LogP contribution in [0.1, 0.15) is 44.6 Å². The van der Waals surface area contributed by atoms with Crippen LogP contribution in [-0.4, -0.2) is 50.1 Å². The van der Waals surface area contributed by atoms with Crippen LogP contribution in [-0.2, 0) is 0 Å². The molecule has 2 aromatic rings. The number of nitrogens with zero attached hydrogens (tertiary/aromatic N) is 4. The molecule has 9 heteroatoms. The summed E-state index contributed by atoms with van der Waals surface area (Å²) < 4.78 is 1.45. The maximum Gasteiger partial charge on any atom is 0.290 e. The smallest absolute Gasteiger partial charge is 0.290 e. The largest absolute Gasteiger partial charge is 0.391 e. The third-order valence-electron chi connectivity index (χ3n) is 5.70. The molecular weight excluding hydrogens is 360 g/mol. The standard InChI is InChI=1S/C19H26N6O3/c26-15-6-3-5-14(15)25-17(27)8-7-16(23-25)24-11-2-1-4-13(24)12-22-18-19(28)21-10-9-20-18/h7-10,13-15,26H,1-6,11-12H2,(H,20,22)(H,21,28). The molecule has 3 unspecified atom stereocenters. The van der Waals surface area contributed by atoms with Crippen LogP contribution in [0.25, 0.3) is 0 Å². The molecule has 1 saturated heterocycles. The first-order valence-corrected chi connectivity index (χ1v) is 9.95. The molecule has 1 aliphatic heterocycles. The third kappa shape index (κ3) is 3.80. The quantitative estimate of drug-likeness (QED) is 0.698. The van der Waals surface area contributed by atoms with Gasteiger partial charge in [-0.2, -0.15) is 5.10 Å². The van der Waals surface area contributed by atoms with Crippen molar-refractivity contribution in [3.05, 3.63) is 45.2 Å². The highest BCUT2D eigenvalue weighted by Crippen LogP contribution is 2.29. The van der Waals surface area contributed by atoms with Crippen molar-refractivity contribution in [2.75, 3.05) is 23.3 Å². The zero-order chi connectivity index (χ0) is 19.5. The molecular formula is C19H26N6O3. The first-order chi connectivity index (χ1) is 13.6. The van der Waals surface area contributed by atoms with Gasteiger partial charge in [-0.15, -0.1) is 0 Å². The molecule has 2 fully saturated rings. The number of nitrogens with one attached hydrogen (secondary N) is 2. The zero-order valence-corrected chi connectivity index (χ0v) is 15.8. The van der Waals surface area contributed by atoms with Gasteiger partial charge in [-0.3, -0.25) is 9.59 Å². The van der Waals surface area contributed by atoms with E-state index in [-0.39, 0.29) is 23.2 Å². The molecule has 2 aliphatic rings. The lowest BCUT2D eigenvalue weighted by molar-refractivity contribution is 0.127. The van der Waals surface area contributed by atoms with E-state index >= 15 is 0 Å². The van der Waals surface area contributed by atoms with Gasteiger partial charge >= 0.3 is 0 Å². The van der Waals surface area contributed by atoms with Gasteiger partial charge in [0.15, 0.2) is 5.82 Å². The molecule has 0 radical (unpaired) electrons. The van der Waals surface area contributed by atoms with Crippen LogP contribution >= 0.6 is 0 Å². The number of aromatic amines is 1. The fourth-order valence-corrected chi connectivity index (χ4v) is 4.22. The van der Waals surface area contributed by atoms with Crippen molar-refractivity contribution in [1.29, 1.82) is 0 Å². The van der Waals surface area contributed by atoms with Crippen LogP contribution in [0.5, 0.6) is 0 Å². The third-order valence-corrected chi connectivity index (χ3v) is 5.70. The molecule has 0 bridgehead atoms. The summed E-state index contributed by atoms with van der Waals surface area (Å²) in [4.78, 5) is 33.0. The minimum atomic E-state index is -0.518. The Morgan fingerprint density at radius 3 is 2.86 bits per heavy atom. The molecule has 0 spiro atoms. The number of hydrogen-bond donors (Lipinski definition) is 3. The summed E-state index contributed by atoms with van der Waals surface area (Å²) in [7, 11) is 0. The van der Waals surface area contributed by atoms with Crippen LogP contribution in [0.2, 0.25) is 0 Å². The second-order valence-corrected chi connectivity index (χ2v) is 7.53. The summed E-state index contributed by atoms with van der Waals surface area (Å²) in [6.45, 7) is 1.40. The maximum atomic E-state index is 12.3. The summed E-state index contributed by atoms with van der Waals surface area (Å²) in [5.41, 5.74) is -0.423. The van der Waals surface area contributed by atoms with Gasteiger partial charge in [0.05, 0.1) is 12.1 Å². The molecule has 4 rings (SSSR count). The van der Waals surface area contributed by atoms with E-state index < -0.39 is 6.10 Å². The summed E-state index contributed by atoms with van der Waals surface area (Å²) in [5, 5.41) is 17.9. The predicted molar refractivity (Wildman–Crippen MR) is 106 cm³/mol. The van der Waals surface area contributed by atoms with Gasteiger partial charge in [0, 0.05) is 37.6 Å². The molecule has 150 valence electrons. The van der Waals surface area contributed by atoms with Crippen molar-refractivity contribution in [2.45, 2.75) is 56.7 Å². The van der Waals surface area contributed by atoms with E-state index in [0.717, 1.165) is 44.5 Å². The van der Waals surface area contributed by atoms with Gasteiger partial charge in [0.1, 0.15) is 5.82 Å². The first-order valence-electron chi connectivity index (χ1n) is 9.95. The molecule has 3 atom stereocenters. The Labute approximate surface area is 162 Å². The van der Waals surface area contributed by atoms with E-state index in [1.54, 1.807) is 12.3 Å². The van der Waals surface area contributed by atoms with Crippen molar-refractivity contribution in [1.82, 2.24) is 19.7 Å². The average molecular weight is 386 g/mol. The molecule has 0 amide bonds. The first kappa shape index (κ1) is 18.7. The van der Waals surface area contributed by atoms with Crippen molar-refractivity contribution < 1.29 is 5.11 Å². The number of anilines is 2. The van der Waals surface area contributed by atoms with Crippen LogP contribution in [0.4, 0.5) is 11.6 Å². The molecule has 3 heterocycles. The van der Waals surface area contributed by atoms with Crippen LogP contribution < -0.4 is 21.3 Å². The van der Waals surface area contributed by atoms with Gasteiger partial charge < -0.3 is 20.3 Å². The van der Waals surface area contributed by atoms with Crippen LogP contribution in [0.15, 0.2) is 34.1 Å². The second-order valence-electron chi connectivity index (χ2n) is 7.53. The summed E-state index contributed by atoms with van der Waals surface area (Å²) >= 11 is 0. The molecule has 0 aromatic carbocycles. The molecule has 1 saturated carbocycles. The van der Waals surface area contributed by atoms with Crippen LogP contribution in [0.3, 0.4) is 0 Å². The molecule has 9 nitrogen and oxygen atoms in total.